The Labute approximate surface area is 77.7 Å². The van der Waals surface area contributed by atoms with Crippen LogP contribution in [0.15, 0.2) is 12.1 Å². The average molecular weight is 178 g/mol. The molecule has 1 aromatic rings. The van der Waals surface area contributed by atoms with Gasteiger partial charge in [0.2, 0.25) is 0 Å². The van der Waals surface area contributed by atoms with Crippen molar-refractivity contribution in [1.82, 2.24) is 0 Å². The molecular formula is C10H14N2O. The molecule has 0 radical (unpaired) electrons. The molecule has 13 heavy (non-hydrogen) atoms. The number of primary amides is 1. The SMILES string of the molecule is CCc1cc(C)cc(C(N)=O)c1N. The highest BCUT2D eigenvalue weighted by molar-refractivity contribution is 5.98. The second-order valence-electron chi connectivity index (χ2n) is 3.10. The number of benzene rings is 1. The van der Waals surface area contributed by atoms with Crippen LogP contribution in [0.1, 0.15) is 28.4 Å². The van der Waals surface area contributed by atoms with Crippen LogP contribution in [-0.2, 0) is 6.42 Å². The molecule has 1 aromatic carbocycles. The van der Waals surface area contributed by atoms with E-state index in [1.165, 1.54) is 0 Å². The van der Waals surface area contributed by atoms with Gasteiger partial charge < -0.3 is 11.5 Å². The average Bonchev–Trinajstić information content (AvgIpc) is 2.08. The van der Waals surface area contributed by atoms with Crippen LogP contribution in [0.25, 0.3) is 0 Å². The first-order chi connectivity index (χ1) is 6.06. The fourth-order valence-electron chi connectivity index (χ4n) is 1.37. The first-order valence-corrected chi connectivity index (χ1v) is 4.25. The summed E-state index contributed by atoms with van der Waals surface area (Å²) in [6.45, 7) is 3.92. The van der Waals surface area contributed by atoms with Gasteiger partial charge >= 0.3 is 0 Å². The molecule has 0 heterocycles. The van der Waals surface area contributed by atoms with Gasteiger partial charge in [-0.1, -0.05) is 13.0 Å². The van der Waals surface area contributed by atoms with Gasteiger partial charge in [0.05, 0.1) is 5.56 Å². The molecule has 0 aliphatic heterocycles. The minimum Gasteiger partial charge on any atom is -0.398 e. The molecule has 0 bridgehead atoms. The maximum Gasteiger partial charge on any atom is 0.250 e. The quantitative estimate of drug-likeness (QED) is 0.669. The lowest BCUT2D eigenvalue weighted by Gasteiger charge is -2.08. The highest BCUT2D eigenvalue weighted by Gasteiger charge is 2.09. The zero-order chi connectivity index (χ0) is 10.0. The first kappa shape index (κ1) is 9.58. The van der Waals surface area contributed by atoms with Gasteiger partial charge in [0, 0.05) is 5.69 Å². The summed E-state index contributed by atoms with van der Waals surface area (Å²) in [5.74, 6) is -0.462. The number of nitrogen functional groups attached to an aromatic ring is 1. The molecule has 0 fully saturated rings. The normalized spacial score (nSPS) is 10.0. The third-order valence-corrected chi connectivity index (χ3v) is 2.06. The van der Waals surface area contributed by atoms with Crippen LogP contribution in [0, 0.1) is 6.92 Å². The molecule has 0 aliphatic carbocycles. The molecular weight excluding hydrogens is 164 g/mol. The number of hydrogen-bond donors (Lipinski definition) is 2. The lowest BCUT2D eigenvalue weighted by Crippen LogP contribution is -2.15. The first-order valence-electron chi connectivity index (χ1n) is 4.25. The summed E-state index contributed by atoms with van der Waals surface area (Å²) in [4.78, 5) is 11.0. The van der Waals surface area contributed by atoms with E-state index in [0.717, 1.165) is 17.5 Å². The van der Waals surface area contributed by atoms with Crippen LogP contribution >= 0.6 is 0 Å². The molecule has 0 saturated heterocycles. The fraction of sp³-hybridized carbons (Fsp3) is 0.300. The van der Waals surface area contributed by atoms with E-state index in [9.17, 15) is 4.79 Å². The number of rotatable bonds is 2. The lowest BCUT2D eigenvalue weighted by molar-refractivity contribution is 0.100. The number of carbonyl (C=O) groups excluding carboxylic acids is 1. The zero-order valence-corrected chi connectivity index (χ0v) is 7.92. The highest BCUT2D eigenvalue weighted by Crippen LogP contribution is 2.20. The van der Waals surface area contributed by atoms with Crippen molar-refractivity contribution in [2.75, 3.05) is 5.73 Å². The number of amides is 1. The van der Waals surface area contributed by atoms with Gasteiger partial charge in [-0.05, 0) is 30.5 Å². The molecule has 70 valence electrons. The van der Waals surface area contributed by atoms with E-state index in [2.05, 4.69) is 0 Å². The van der Waals surface area contributed by atoms with Gasteiger partial charge in [-0.3, -0.25) is 4.79 Å². The van der Waals surface area contributed by atoms with Crippen LogP contribution in [0.3, 0.4) is 0 Å². The minimum absolute atomic E-state index is 0.428. The Bertz CT molecular complexity index is 345. The predicted molar refractivity (Wildman–Crippen MR) is 53.5 cm³/mol. The summed E-state index contributed by atoms with van der Waals surface area (Å²) >= 11 is 0. The van der Waals surface area contributed by atoms with E-state index in [1.807, 2.05) is 19.9 Å². The number of carbonyl (C=O) groups is 1. The van der Waals surface area contributed by atoms with E-state index in [4.69, 9.17) is 11.5 Å². The maximum absolute atomic E-state index is 11.0. The third kappa shape index (κ3) is 1.80. The second-order valence-corrected chi connectivity index (χ2v) is 3.10. The van der Waals surface area contributed by atoms with Gasteiger partial charge in [-0.2, -0.15) is 0 Å². The number of anilines is 1. The van der Waals surface area contributed by atoms with Gasteiger partial charge in [0.15, 0.2) is 0 Å². The van der Waals surface area contributed by atoms with Crippen molar-refractivity contribution in [2.45, 2.75) is 20.3 Å². The Morgan fingerprint density at radius 1 is 1.46 bits per heavy atom. The van der Waals surface area contributed by atoms with Crippen molar-refractivity contribution >= 4 is 11.6 Å². The predicted octanol–water partition coefficient (Wildman–Crippen LogP) is 1.24. The minimum atomic E-state index is -0.462. The molecule has 0 aromatic heterocycles. The molecule has 4 N–H and O–H groups in total. The summed E-state index contributed by atoms with van der Waals surface area (Å²) in [5, 5.41) is 0. The Balaban J connectivity index is 3.35. The Hall–Kier alpha value is -1.51. The number of aryl methyl sites for hydroxylation is 2. The van der Waals surface area contributed by atoms with Crippen LogP contribution in [0.4, 0.5) is 5.69 Å². The topological polar surface area (TPSA) is 69.1 Å². The van der Waals surface area contributed by atoms with Gasteiger partial charge in [-0.15, -0.1) is 0 Å². The van der Waals surface area contributed by atoms with E-state index in [0.29, 0.717) is 11.3 Å². The number of nitrogens with two attached hydrogens (primary N) is 2. The monoisotopic (exact) mass is 178 g/mol. The summed E-state index contributed by atoms with van der Waals surface area (Å²) in [6, 6.07) is 3.69. The lowest BCUT2D eigenvalue weighted by atomic mass is 10.0. The fourth-order valence-corrected chi connectivity index (χ4v) is 1.37. The summed E-state index contributed by atoms with van der Waals surface area (Å²) in [7, 11) is 0. The Morgan fingerprint density at radius 3 is 2.54 bits per heavy atom. The Kier molecular flexibility index (Phi) is 2.56. The van der Waals surface area contributed by atoms with Gasteiger partial charge in [0.1, 0.15) is 0 Å². The van der Waals surface area contributed by atoms with Crippen molar-refractivity contribution < 1.29 is 4.79 Å². The van der Waals surface area contributed by atoms with Gasteiger partial charge in [-0.25, -0.2) is 0 Å². The maximum atomic E-state index is 11.0. The largest absolute Gasteiger partial charge is 0.398 e. The highest BCUT2D eigenvalue weighted by atomic mass is 16.1. The standard InChI is InChI=1S/C10H14N2O/c1-3-7-4-6(2)5-8(9(7)11)10(12)13/h4-5H,3,11H2,1-2H3,(H2,12,13). The molecule has 0 unspecified atom stereocenters. The zero-order valence-electron chi connectivity index (χ0n) is 7.92. The van der Waals surface area contributed by atoms with E-state index in [-0.39, 0.29) is 0 Å². The van der Waals surface area contributed by atoms with Crippen LogP contribution < -0.4 is 11.5 Å². The van der Waals surface area contributed by atoms with Crippen molar-refractivity contribution in [3.63, 3.8) is 0 Å². The van der Waals surface area contributed by atoms with Crippen LogP contribution in [0.5, 0.6) is 0 Å². The molecule has 0 aliphatic rings. The van der Waals surface area contributed by atoms with Crippen molar-refractivity contribution in [1.29, 1.82) is 0 Å². The Morgan fingerprint density at radius 2 is 2.08 bits per heavy atom. The van der Waals surface area contributed by atoms with Crippen molar-refractivity contribution in [3.8, 4) is 0 Å². The molecule has 0 saturated carbocycles. The van der Waals surface area contributed by atoms with Crippen molar-refractivity contribution in [2.24, 2.45) is 5.73 Å². The number of hydrogen-bond acceptors (Lipinski definition) is 2. The van der Waals surface area contributed by atoms with Crippen LogP contribution in [0.2, 0.25) is 0 Å². The molecule has 1 amide bonds. The molecule has 3 heteroatoms. The van der Waals surface area contributed by atoms with Crippen LogP contribution in [-0.4, -0.2) is 5.91 Å². The molecule has 3 nitrogen and oxygen atoms in total. The molecule has 0 atom stereocenters. The van der Waals surface area contributed by atoms with E-state index < -0.39 is 5.91 Å². The summed E-state index contributed by atoms with van der Waals surface area (Å²) in [5.41, 5.74) is 13.9. The van der Waals surface area contributed by atoms with Gasteiger partial charge in [0.25, 0.3) is 5.91 Å². The second kappa shape index (κ2) is 3.47. The van der Waals surface area contributed by atoms with E-state index in [1.54, 1.807) is 6.07 Å². The molecule has 1 rings (SSSR count). The smallest absolute Gasteiger partial charge is 0.250 e. The summed E-state index contributed by atoms with van der Waals surface area (Å²) in [6.07, 6.45) is 0.813. The van der Waals surface area contributed by atoms with Crippen molar-refractivity contribution in [3.05, 3.63) is 28.8 Å². The molecule has 0 spiro atoms. The summed E-state index contributed by atoms with van der Waals surface area (Å²) < 4.78 is 0. The third-order valence-electron chi connectivity index (χ3n) is 2.06. The van der Waals surface area contributed by atoms with E-state index >= 15 is 0 Å².